The molecule has 1 saturated heterocycles. The highest BCUT2D eigenvalue weighted by atomic mass is 28.3. The second kappa shape index (κ2) is 9.63. The Morgan fingerprint density at radius 2 is 1.66 bits per heavy atom. The van der Waals surface area contributed by atoms with Crippen LogP contribution in [0.4, 0.5) is 0 Å². The molecule has 0 bridgehead atoms. The molecule has 1 aromatic carbocycles. The summed E-state index contributed by atoms with van der Waals surface area (Å²) < 4.78 is 5.87. The first kappa shape index (κ1) is 28.4. The third-order valence-corrected chi connectivity index (χ3v) is 23.4. The minimum Gasteiger partial charge on any atom is -0.462 e. The van der Waals surface area contributed by atoms with Gasteiger partial charge >= 0.3 is 5.97 Å². The van der Waals surface area contributed by atoms with Gasteiger partial charge in [-0.05, 0) is 51.9 Å². The number of carbonyl (C=O) groups is 1. The standard InChI is InChI=1S/C31H52O2Si2/c1-21-14-13-15-23(18-21)22(2)27(34(9,10)30(3,4)5)17-16-24-25-19-29(32)33-26(25)20-28(24)35(11,12)31(6,7)8/h13-18,22,24-28H,19-20H2,1-12H3/b17-16+/t22?,24-,25-,26+,27-,28-/m1/s1. The molecule has 0 N–H and O–H groups in total. The minimum absolute atomic E-state index is 0.0150. The van der Waals surface area contributed by atoms with Crippen molar-refractivity contribution in [3.63, 3.8) is 0 Å². The smallest absolute Gasteiger partial charge is 0.306 e. The van der Waals surface area contributed by atoms with E-state index >= 15 is 0 Å². The summed E-state index contributed by atoms with van der Waals surface area (Å²) in [5.74, 6) is 1.29. The van der Waals surface area contributed by atoms with Crippen molar-refractivity contribution in [2.75, 3.05) is 0 Å². The number of hydrogen-bond donors (Lipinski definition) is 0. The van der Waals surface area contributed by atoms with E-state index in [1.54, 1.807) is 0 Å². The molecule has 2 aliphatic rings. The van der Waals surface area contributed by atoms with Crippen LogP contribution in [0.25, 0.3) is 0 Å². The average Bonchev–Trinajstić information content (AvgIpc) is 3.23. The Balaban J connectivity index is 2.05. The zero-order valence-electron chi connectivity index (χ0n) is 24.7. The maximum absolute atomic E-state index is 12.3. The number of allylic oxidation sites excluding steroid dienone is 2. The van der Waals surface area contributed by atoms with Gasteiger partial charge in [-0.2, -0.15) is 0 Å². The molecule has 35 heavy (non-hydrogen) atoms. The lowest BCUT2D eigenvalue weighted by Gasteiger charge is -2.46. The molecule has 6 atom stereocenters. The quantitative estimate of drug-likeness (QED) is 0.215. The molecule has 2 nitrogen and oxygen atoms in total. The molecule has 0 aromatic heterocycles. The Labute approximate surface area is 218 Å². The van der Waals surface area contributed by atoms with Gasteiger partial charge in [0.05, 0.1) is 22.6 Å². The predicted molar refractivity (Wildman–Crippen MR) is 157 cm³/mol. The van der Waals surface area contributed by atoms with Gasteiger partial charge in [-0.15, -0.1) is 0 Å². The van der Waals surface area contributed by atoms with E-state index in [2.05, 4.69) is 118 Å². The van der Waals surface area contributed by atoms with E-state index in [0.717, 1.165) is 6.42 Å². The van der Waals surface area contributed by atoms with Crippen LogP contribution in [0.2, 0.25) is 47.3 Å². The van der Waals surface area contributed by atoms with Crippen LogP contribution in [0.15, 0.2) is 36.4 Å². The van der Waals surface area contributed by atoms with E-state index in [0.29, 0.717) is 45.3 Å². The van der Waals surface area contributed by atoms with E-state index in [1.165, 1.54) is 11.1 Å². The predicted octanol–water partition coefficient (Wildman–Crippen LogP) is 9.36. The van der Waals surface area contributed by atoms with Crippen molar-refractivity contribution in [2.24, 2.45) is 11.8 Å². The molecule has 4 heteroatoms. The van der Waals surface area contributed by atoms with Crippen LogP contribution in [0.1, 0.15) is 78.4 Å². The molecule has 1 saturated carbocycles. The van der Waals surface area contributed by atoms with Crippen molar-refractivity contribution in [3.8, 4) is 0 Å². The topological polar surface area (TPSA) is 26.3 Å². The van der Waals surface area contributed by atoms with Crippen LogP contribution in [-0.4, -0.2) is 28.2 Å². The number of ether oxygens (including phenoxy) is 1. The minimum atomic E-state index is -1.69. The Hall–Kier alpha value is -1.14. The molecule has 196 valence electrons. The van der Waals surface area contributed by atoms with Crippen LogP contribution in [-0.2, 0) is 9.53 Å². The first-order chi connectivity index (χ1) is 15.9. The number of aryl methyl sites for hydroxylation is 1. The average molecular weight is 513 g/mol. The highest BCUT2D eigenvalue weighted by Crippen LogP contribution is 2.59. The zero-order valence-corrected chi connectivity index (χ0v) is 26.7. The summed E-state index contributed by atoms with van der Waals surface area (Å²) in [5.41, 5.74) is 3.97. The number of carbonyl (C=O) groups excluding carboxylic acids is 1. The monoisotopic (exact) mass is 512 g/mol. The number of benzene rings is 1. The second-order valence-corrected chi connectivity index (χ2v) is 26.2. The van der Waals surface area contributed by atoms with Crippen molar-refractivity contribution in [1.82, 2.24) is 0 Å². The summed E-state index contributed by atoms with van der Waals surface area (Å²) in [6.45, 7) is 29.6. The largest absolute Gasteiger partial charge is 0.462 e. The fourth-order valence-electron chi connectivity index (χ4n) is 6.49. The Bertz CT molecular complexity index is 947. The van der Waals surface area contributed by atoms with Gasteiger partial charge in [-0.3, -0.25) is 4.79 Å². The highest BCUT2D eigenvalue weighted by Gasteiger charge is 2.56. The summed E-state index contributed by atoms with van der Waals surface area (Å²) in [7, 11) is -3.30. The van der Waals surface area contributed by atoms with Gasteiger partial charge in [0.1, 0.15) is 6.10 Å². The van der Waals surface area contributed by atoms with Gasteiger partial charge in [0.25, 0.3) is 0 Å². The molecule has 0 radical (unpaired) electrons. The normalized spacial score (nSPS) is 27.7. The lowest BCUT2D eigenvalue weighted by molar-refractivity contribution is -0.141. The molecule has 1 unspecified atom stereocenters. The van der Waals surface area contributed by atoms with Crippen molar-refractivity contribution in [3.05, 3.63) is 47.5 Å². The Kier molecular flexibility index (Phi) is 7.82. The molecule has 1 aromatic rings. The van der Waals surface area contributed by atoms with Gasteiger partial charge in [0.15, 0.2) is 0 Å². The van der Waals surface area contributed by atoms with Crippen molar-refractivity contribution in [2.45, 2.75) is 128 Å². The lowest BCUT2D eigenvalue weighted by atomic mass is 9.90. The lowest BCUT2D eigenvalue weighted by Crippen LogP contribution is -2.44. The molecule has 3 rings (SSSR count). The van der Waals surface area contributed by atoms with Crippen LogP contribution >= 0.6 is 0 Å². The van der Waals surface area contributed by atoms with Crippen molar-refractivity contribution in [1.29, 1.82) is 0 Å². The maximum Gasteiger partial charge on any atom is 0.306 e. The third-order valence-electron chi connectivity index (χ3n) is 10.9. The first-order valence-electron chi connectivity index (χ1n) is 13.8. The molecular formula is C31H52O2Si2. The second-order valence-electron chi connectivity index (χ2n) is 14.9. The van der Waals surface area contributed by atoms with E-state index < -0.39 is 16.1 Å². The highest BCUT2D eigenvalue weighted by molar-refractivity contribution is 6.82. The molecule has 1 aliphatic heterocycles. The molecule has 2 fully saturated rings. The maximum atomic E-state index is 12.3. The van der Waals surface area contributed by atoms with E-state index in [9.17, 15) is 4.79 Å². The summed E-state index contributed by atoms with van der Waals surface area (Å²) in [5, 5.41) is 0.615. The Morgan fingerprint density at radius 1 is 1.03 bits per heavy atom. The molecule has 1 heterocycles. The summed E-state index contributed by atoms with van der Waals surface area (Å²) in [4.78, 5) is 12.3. The van der Waals surface area contributed by atoms with Gasteiger partial charge in [-0.25, -0.2) is 0 Å². The van der Waals surface area contributed by atoms with E-state index in [4.69, 9.17) is 4.74 Å². The number of esters is 1. The summed E-state index contributed by atoms with van der Waals surface area (Å²) in [6, 6.07) is 9.11. The van der Waals surface area contributed by atoms with Crippen LogP contribution in [0.3, 0.4) is 0 Å². The van der Waals surface area contributed by atoms with Gasteiger partial charge in [0.2, 0.25) is 0 Å². The van der Waals surface area contributed by atoms with Gasteiger partial charge < -0.3 is 4.74 Å². The van der Waals surface area contributed by atoms with E-state index in [-0.39, 0.29) is 12.1 Å². The Morgan fingerprint density at radius 3 is 2.20 bits per heavy atom. The molecule has 0 spiro atoms. The van der Waals surface area contributed by atoms with Crippen LogP contribution in [0, 0.1) is 18.8 Å². The van der Waals surface area contributed by atoms with Gasteiger partial charge in [-0.1, -0.05) is 117 Å². The summed E-state index contributed by atoms with van der Waals surface area (Å²) >= 11 is 0. The van der Waals surface area contributed by atoms with E-state index in [1.807, 2.05) is 0 Å². The van der Waals surface area contributed by atoms with Crippen LogP contribution in [0.5, 0.6) is 0 Å². The first-order valence-corrected chi connectivity index (χ1v) is 20.0. The molecule has 1 aliphatic carbocycles. The number of hydrogen-bond acceptors (Lipinski definition) is 2. The fourth-order valence-corrected chi connectivity index (χ4v) is 12.8. The number of fused-ring (bicyclic) bond motifs is 1. The third kappa shape index (κ3) is 5.44. The molecular weight excluding hydrogens is 461 g/mol. The molecule has 0 amide bonds. The zero-order chi connectivity index (χ0) is 26.6. The summed E-state index contributed by atoms with van der Waals surface area (Å²) in [6.07, 6.45) is 7.00. The fraction of sp³-hybridized carbons (Fsp3) is 0.710. The van der Waals surface area contributed by atoms with Gasteiger partial charge in [0, 0.05) is 5.92 Å². The SMILES string of the molecule is Cc1cccc(C(C)[C@@H](/C=C/[C@@H]2[C@H]3CC(=O)O[C@H]3C[C@H]2[Si](C)(C)C(C)(C)C)[Si](C)(C)C(C)(C)C)c1. The van der Waals surface area contributed by atoms with Crippen LogP contribution < -0.4 is 0 Å². The van der Waals surface area contributed by atoms with Crippen molar-refractivity contribution < 1.29 is 9.53 Å². The van der Waals surface area contributed by atoms with Crippen molar-refractivity contribution >= 4 is 22.1 Å². The number of rotatable bonds is 6.